The minimum atomic E-state index is -0.144. The van der Waals surface area contributed by atoms with E-state index in [4.69, 9.17) is 4.98 Å². The Hall–Kier alpha value is -2.64. The third-order valence-electron chi connectivity index (χ3n) is 9.55. The maximum absolute atomic E-state index is 10.5. The van der Waals surface area contributed by atoms with Crippen LogP contribution in [0.3, 0.4) is 0 Å². The van der Waals surface area contributed by atoms with Crippen LogP contribution in [0.15, 0.2) is 30.3 Å². The van der Waals surface area contributed by atoms with Gasteiger partial charge >= 0.3 is 0 Å². The van der Waals surface area contributed by atoms with E-state index in [0.717, 1.165) is 59.2 Å². The monoisotopic (exact) mass is 467 g/mol. The molecule has 5 atom stereocenters. The van der Waals surface area contributed by atoms with Gasteiger partial charge in [0.1, 0.15) is 11.6 Å². The quantitative estimate of drug-likeness (QED) is 0.432. The molecule has 3 fully saturated rings. The first-order valence-corrected chi connectivity index (χ1v) is 13.7. The first kappa shape index (κ1) is 22.8. The highest BCUT2D eigenvalue weighted by molar-refractivity contribution is 5.87. The number of fused-ring (bicyclic) bond motifs is 2. The molecule has 35 heavy (non-hydrogen) atoms. The van der Waals surface area contributed by atoms with Gasteiger partial charge in [0.15, 0.2) is 0 Å². The molecule has 2 heterocycles. The highest BCUT2D eigenvalue weighted by Crippen LogP contribution is 2.52. The van der Waals surface area contributed by atoms with Crippen LogP contribution >= 0.6 is 0 Å². The Bertz CT molecular complexity index is 1260. The molecule has 182 valence electrons. The summed E-state index contributed by atoms with van der Waals surface area (Å²) in [4.78, 5) is 8.63. The summed E-state index contributed by atoms with van der Waals surface area (Å²) in [5, 5.41) is 20.6. The van der Waals surface area contributed by atoms with Crippen LogP contribution in [0.5, 0.6) is 0 Å². The number of H-pyrrole nitrogens is 1. The Kier molecular flexibility index (Phi) is 5.93. The fourth-order valence-corrected chi connectivity index (χ4v) is 7.87. The van der Waals surface area contributed by atoms with Crippen molar-refractivity contribution in [2.24, 2.45) is 23.7 Å². The minimum absolute atomic E-state index is 0.144. The Labute approximate surface area is 208 Å². The molecule has 4 heteroatoms. The summed E-state index contributed by atoms with van der Waals surface area (Å²) < 4.78 is 0. The van der Waals surface area contributed by atoms with Crippen molar-refractivity contribution >= 4 is 11.0 Å². The van der Waals surface area contributed by atoms with Gasteiger partial charge in [0.05, 0.1) is 22.9 Å². The molecule has 2 N–H and O–H groups in total. The van der Waals surface area contributed by atoms with E-state index in [0.29, 0.717) is 35.2 Å². The molecule has 0 amide bonds. The third kappa shape index (κ3) is 3.99. The van der Waals surface area contributed by atoms with Gasteiger partial charge in [0.2, 0.25) is 0 Å². The van der Waals surface area contributed by atoms with E-state index < -0.39 is 0 Å². The van der Waals surface area contributed by atoms with Crippen LogP contribution in [0.1, 0.15) is 86.6 Å². The van der Waals surface area contributed by atoms with E-state index in [1.807, 2.05) is 0 Å². The molecule has 1 aromatic carbocycles. The van der Waals surface area contributed by atoms with Gasteiger partial charge in [0, 0.05) is 11.3 Å². The van der Waals surface area contributed by atoms with Crippen molar-refractivity contribution in [3.8, 4) is 17.3 Å². The number of nitrogens with zero attached hydrogens (tertiary/aromatic N) is 2. The summed E-state index contributed by atoms with van der Waals surface area (Å²) in [6.07, 6.45) is 10.6. The number of aliphatic hydroxyl groups excluding tert-OH is 1. The second-order valence-electron chi connectivity index (χ2n) is 11.7. The van der Waals surface area contributed by atoms with Crippen LogP contribution in [-0.4, -0.2) is 21.2 Å². The Morgan fingerprint density at radius 1 is 1.09 bits per heavy atom. The Morgan fingerprint density at radius 2 is 1.86 bits per heavy atom. The average molecular weight is 468 g/mol. The zero-order valence-corrected chi connectivity index (χ0v) is 21.1. The lowest BCUT2D eigenvalue weighted by Gasteiger charge is -2.22. The minimum Gasteiger partial charge on any atom is -0.393 e. The van der Waals surface area contributed by atoms with Crippen LogP contribution in [-0.2, 0) is 6.42 Å². The summed E-state index contributed by atoms with van der Waals surface area (Å²) in [7, 11) is 0. The summed E-state index contributed by atoms with van der Waals surface area (Å²) in [5.74, 6) is 2.79. The van der Waals surface area contributed by atoms with E-state index in [9.17, 15) is 10.4 Å². The van der Waals surface area contributed by atoms with Crippen LogP contribution < -0.4 is 0 Å². The molecule has 4 nitrogen and oxygen atoms in total. The standard InChI is InChI=1S/C31H37N3O/c1-18-14-23(24-12-13-28(35)29(18)24)16-26-25(17-32)31-27(33-26)15-19(2)30(34-31)22-10-8-21(9-11-22)20-6-4-3-5-7-20/h8-11,15,18,20,23-24,28-29,33,35H,3-7,12-14,16H2,1-2H3. The zero-order chi connectivity index (χ0) is 24.1. The summed E-state index contributed by atoms with van der Waals surface area (Å²) >= 11 is 0. The maximum Gasteiger partial charge on any atom is 0.107 e. The summed E-state index contributed by atoms with van der Waals surface area (Å²) in [5.41, 5.74) is 8.18. The van der Waals surface area contributed by atoms with Crippen LogP contribution in [0.4, 0.5) is 0 Å². The molecular weight excluding hydrogens is 430 g/mol. The molecule has 0 bridgehead atoms. The SMILES string of the molecule is Cc1cc2[nH]c(CC3CC(C)C4C(O)CCC34)c(C#N)c2nc1-c1ccc(C2CCCCC2)cc1. The molecule has 0 radical (unpaired) electrons. The van der Waals surface area contributed by atoms with Gasteiger partial charge in [0.25, 0.3) is 0 Å². The van der Waals surface area contributed by atoms with Crippen molar-refractivity contribution < 1.29 is 5.11 Å². The van der Waals surface area contributed by atoms with Gasteiger partial charge in [-0.3, -0.25) is 0 Å². The van der Waals surface area contributed by atoms with Crippen molar-refractivity contribution in [1.82, 2.24) is 9.97 Å². The molecular formula is C31H37N3O. The number of rotatable bonds is 4. The highest BCUT2D eigenvalue weighted by atomic mass is 16.3. The van der Waals surface area contributed by atoms with Gasteiger partial charge in [-0.15, -0.1) is 0 Å². The van der Waals surface area contributed by atoms with Crippen molar-refractivity contribution in [3.05, 3.63) is 52.7 Å². The maximum atomic E-state index is 10.5. The lowest BCUT2D eigenvalue weighted by Crippen LogP contribution is -2.21. The number of nitriles is 1. The fraction of sp³-hybridized carbons (Fsp3) is 0.548. The van der Waals surface area contributed by atoms with Crippen molar-refractivity contribution in [2.75, 3.05) is 0 Å². The number of hydrogen-bond donors (Lipinski definition) is 2. The number of aryl methyl sites for hydroxylation is 1. The molecule has 3 aliphatic rings. The molecule has 0 saturated heterocycles. The topological polar surface area (TPSA) is 72.7 Å². The normalized spacial score (nSPS) is 28.9. The molecule has 0 aliphatic heterocycles. The van der Waals surface area contributed by atoms with Crippen molar-refractivity contribution in [3.63, 3.8) is 0 Å². The molecule has 3 aliphatic carbocycles. The lowest BCUT2D eigenvalue weighted by molar-refractivity contribution is 0.103. The number of pyridine rings is 1. The van der Waals surface area contributed by atoms with Gasteiger partial charge in [-0.1, -0.05) is 50.5 Å². The van der Waals surface area contributed by atoms with E-state index in [1.165, 1.54) is 37.7 Å². The predicted molar refractivity (Wildman–Crippen MR) is 140 cm³/mol. The van der Waals surface area contributed by atoms with Gasteiger partial charge in [-0.05, 0) is 92.2 Å². The number of hydrogen-bond acceptors (Lipinski definition) is 3. The Morgan fingerprint density at radius 3 is 2.60 bits per heavy atom. The number of nitrogens with one attached hydrogen (secondary N) is 1. The molecule has 0 spiro atoms. The number of aliphatic hydroxyl groups is 1. The van der Waals surface area contributed by atoms with Crippen LogP contribution in [0.25, 0.3) is 22.3 Å². The van der Waals surface area contributed by atoms with Gasteiger partial charge in [-0.2, -0.15) is 5.26 Å². The second-order valence-corrected chi connectivity index (χ2v) is 11.7. The van der Waals surface area contributed by atoms with Crippen LogP contribution in [0.2, 0.25) is 0 Å². The number of aromatic nitrogens is 2. The second kappa shape index (κ2) is 9.10. The van der Waals surface area contributed by atoms with Gasteiger partial charge in [-0.25, -0.2) is 4.98 Å². The first-order valence-electron chi connectivity index (χ1n) is 13.7. The summed E-state index contributed by atoms with van der Waals surface area (Å²) in [6, 6.07) is 13.7. The van der Waals surface area contributed by atoms with E-state index in [2.05, 4.69) is 55.2 Å². The molecule has 5 unspecified atom stereocenters. The highest BCUT2D eigenvalue weighted by Gasteiger charge is 2.48. The van der Waals surface area contributed by atoms with Gasteiger partial charge < -0.3 is 10.1 Å². The molecule has 2 aromatic heterocycles. The van der Waals surface area contributed by atoms with Crippen LogP contribution in [0, 0.1) is 41.9 Å². The van der Waals surface area contributed by atoms with E-state index in [-0.39, 0.29) is 6.10 Å². The number of aromatic amines is 1. The smallest absolute Gasteiger partial charge is 0.107 e. The van der Waals surface area contributed by atoms with Crippen molar-refractivity contribution in [1.29, 1.82) is 5.26 Å². The molecule has 6 rings (SSSR count). The van der Waals surface area contributed by atoms with Crippen molar-refractivity contribution in [2.45, 2.75) is 83.7 Å². The average Bonchev–Trinajstić information content (AvgIpc) is 3.52. The summed E-state index contributed by atoms with van der Waals surface area (Å²) in [6.45, 7) is 4.41. The fourth-order valence-electron chi connectivity index (χ4n) is 7.87. The largest absolute Gasteiger partial charge is 0.393 e. The lowest BCUT2D eigenvalue weighted by atomic mass is 9.84. The predicted octanol–water partition coefficient (Wildman–Crippen LogP) is 7.04. The molecule has 3 saturated carbocycles. The Balaban J connectivity index is 1.30. The zero-order valence-electron chi connectivity index (χ0n) is 21.1. The number of benzene rings is 1. The van der Waals surface area contributed by atoms with E-state index in [1.54, 1.807) is 0 Å². The first-order chi connectivity index (χ1) is 17.0. The van der Waals surface area contributed by atoms with E-state index >= 15 is 0 Å². The third-order valence-corrected chi connectivity index (χ3v) is 9.55. The molecule has 3 aromatic rings.